The summed E-state index contributed by atoms with van der Waals surface area (Å²) in [5.41, 5.74) is 2.78. The third-order valence-corrected chi connectivity index (χ3v) is 6.89. The molecule has 0 spiro atoms. The molecule has 3 aromatic rings. The van der Waals surface area contributed by atoms with Gasteiger partial charge in [0, 0.05) is 0 Å². The Morgan fingerprint density at radius 2 is 1.11 bits per heavy atom. The fourth-order valence-electron chi connectivity index (χ4n) is 4.10. The highest BCUT2D eigenvalue weighted by atomic mass is 32.2. The summed E-state index contributed by atoms with van der Waals surface area (Å²) in [7, 11) is 0. The summed E-state index contributed by atoms with van der Waals surface area (Å²) >= 11 is 1.61. The number of aldehydes is 1. The Balaban J connectivity index is 1.58. The third kappa shape index (κ3) is 7.26. The van der Waals surface area contributed by atoms with Gasteiger partial charge in [-0.2, -0.15) is 0 Å². The van der Waals surface area contributed by atoms with Gasteiger partial charge < -0.3 is 23.7 Å². The van der Waals surface area contributed by atoms with Crippen LogP contribution in [0.15, 0.2) is 91.0 Å². The average Bonchev–Trinajstić information content (AvgIpc) is 2.92. The molecule has 0 bridgehead atoms. The summed E-state index contributed by atoms with van der Waals surface area (Å²) in [5.74, 6) is 0.822. The van der Waals surface area contributed by atoms with Crippen LogP contribution in [-0.2, 0) is 43.6 Å². The van der Waals surface area contributed by atoms with Crippen molar-refractivity contribution in [3.63, 3.8) is 0 Å². The van der Waals surface area contributed by atoms with Gasteiger partial charge in [0.15, 0.2) is 6.29 Å². The molecule has 0 unspecified atom stereocenters. The molecule has 0 amide bonds. The first-order chi connectivity index (χ1) is 17.3. The fourth-order valence-corrected chi connectivity index (χ4v) is 5.06. The van der Waals surface area contributed by atoms with Gasteiger partial charge in [0.2, 0.25) is 0 Å². The van der Waals surface area contributed by atoms with E-state index in [1.807, 2.05) is 91.0 Å². The minimum Gasteiger partial charge on any atom is -0.368 e. The van der Waals surface area contributed by atoms with Crippen molar-refractivity contribution >= 4 is 18.0 Å². The predicted molar refractivity (Wildman–Crippen MR) is 138 cm³/mol. The number of hydrogen-bond donors (Lipinski definition) is 0. The maximum absolute atomic E-state index is 12.1. The minimum atomic E-state index is -0.750. The lowest BCUT2D eigenvalue weighted by molar-refractivity contribution is -0.239. The molecule has 35 heavy (non-hydrogen) atoms. The quantitative estimate of drug-likeness (QED) is 0.315. The molecule has 1 aliphatic rings. The Labute approximate surface area is 211 Å². The second-order valence-corrected chi connectivity index (χ2v) is 9.72. The Hall–Kier alpha value is -2.48. The maximum Gasteiger partial charge on any atom is 0.151 e. The largest absolute Gasteiger partial charge is 0.368 e. The first kappa shape index (κ1) is 25.6. The topological polar surface area (TPSA) is 54.0 Å². The molecule has 4 rings (SSSR count). The Kier molecular flexibility index (Phi) is 9.93. The molecule has 184 valence electrons. The van der Waals surface area contributed by atoms with Crippen LogP contribution in [0.1, 0.15) is 23.6 Å². The number of carbonyl (C=O) groups is 1. The summed E-state index contributed by atoms with van der Waals surface area (Å²) in [6.45, 7) is 3.21. The van der Waals surface area contributed by atoms with Crippen molar-refractivity contribution in [2.75, 3.05) is 5.75 Å². The van der Waals surface area contributed by atoms with Gasteiger partial charge >= 0.3 is 0 Å². The molecule has 6 heteroatoms. The van der Waals surface area contributed by atoms with E-state index in [1.54, 1.807) is 11.8 Å². The van der Waals surface area contributed by atoms with E-state index in [0.717, 1.165) is 28.7 Å². The van der Waals surface area contributed by atoms with Crippen molar-refractivity contribution in [3.05, 3.63) is 108 Å². The van der Waals surface area contributed by atoms with Crippen LogP contribution in [0.2, 0.25) is 0 Å². The van der Waals surface area contributed by atoms with Crippen molar-refractivity contribution in [2.45, 2.75) is 56.6 Å². The zero-order valence-electron chi connectivity index (χ0n) is 19.9. The zero-order valence-corrected chi connectivity index (χ0v) is 20.7. The summed E-state index contributed by atoms with van der Waals surface area (Å²) in [4.78, 5) is 12.1. The molecular formula is C29H32O5S. The SMILES string of the molecule is CCS[C@H]1O[C@H](C=O)[C@@H](OCc2ccccc2)[C@H](OCc2ccccc2)[C@@H]1OCc1ccccc1. The van der Waals surface area contributed by atoms with Crippen LogP contribution in [0, 0.1) is 0 Å². The monoisotopic (exact) mass is 492 g/mol. The molecule has 0 saturated carbocycles. The summed E-state index contributed by atoms with van der Waals surface area (Å²) in [6.07, 6.45) is -1.44. The molecule has 3 aromatic carbocycles. The lowest BCUT2D eigenvalue weighted by atomic mass is 9.99. The number of hydrogen-bond acceptors (Lipinski definition) is 6. The average molecular weight is 493 g/mol. The van der Waals surface area contributed by atoms with Gasteiger partial charge in [0.05, 0.1) is 19.8 Å². The van der Waals surface area contributed by atoms with Crippen LogP contribution in [0.4, 0.5) is 0 Å². The number of rotatable bonds is 12. The summed E-state index contributed by atoms with van der Waals surface area (Å²) in [6, 6.07) is 29.9. The molecular weight excluding hydrogens is 460 g/mol. The number of thioether (sulfide) groups is 1. The van der Waals surface area contributed by atoms with E-state index in [-0.39, 0.29) is 5.44 Å². The first-order valence-electron chi connectivity index (χ1n) is 12.0. The number of carbonyl (C=O) groups excluding carboxylic acids is 1. The fraction of sp³-hybridized carbons (Fsp3) is 0.345. The van der Waals surface area contributed by atoms with Crippen LogP contribution in [0.25, 0.3) is 0 Å². The Morgan fingerprint density at radius 1 is 0.686 bits per heavy atom. The van der Waals surface area contributed by atoms with E-state index in [9.17, 15) is 4.79 Å². The smallest absolute Gasteiger partial charge is 0.151 e. The number of ether oxygens (including phenoxy) is 4. The van der Waals surface area contributed by atoms with Crippen molar-refractivity contribution < 1.29 is 23.7 Å². The molecule has 5 atom stereocenters. The Bertz CT molecular complexity index is 1000. The minimum absolute atomic E-state index is 0.349. The van der Waals surface area contributed by atoms with Crippen LogP contribution < -0.4 is 0 Å². The lowest BCUT2D eigenvalue weighted by Crippen LogP contribution is -2.59. The van der Waals surface area contributed by atoms with Gasteiger partial charge in [-0.3, -0.25) is 0 Å². The van der Waals surface area contributed by atoms with Crippen LogP contribution >= 0.6 is 11.8 Å². The molecule has 1 aliphatic heterocycles. The van der Waals surface area contributed by atoms with Gasteiger partial charge in [-0.25, -0.2) is 0 Å². The highest BCUT2D eigenvalue weighted by Crippen LogP contribution is 2.34. The molecule has 1 heterocycles. The van der Waals surface area contributed by atoms with E-state index in [4.69, 9.17) is 18.9 Å². The zero-order chi connectivity index (χ0) is 24.3. The molecule has 1 saturated heterocycles. The van der Waals surface area contributed by atoms with Gasteiger partial charge in [-0.05, 0) is 22.4 Å². The molecule has 0 aliphatic carbocycles. The second-order valence-electron chi connectivity index (χ2n) is 8.34. The second kappa shape index (κ2) is 13.6. The molecule has 1 fully saturated rings. The highest BCUT2D eigenvalue weighted by Gasteiger charge is 2.48. The maximum atomic E-state index is 12.1. The van der Waals surface area contributed by atoms with E-state index in [2.05, 4.69) is 6.92 Å². The van der Waals surface area contributed by atoms with Crippen molar-refractivity contribution in [3.8, 4) is 0 Å². The van der Waals surface area contributed by atoms with Crippen molar-refractivity contribution in [2.24, 2.45) is 0 Å². The molecule has 5 nitrogen and oxygen atoms in total. The van der Waals surface area contributed by atoms with Crippen LogP contribution in [0.5, 0.6) is 0 Å². The standard InChI is InChI=1S/C29H32O5S/c1-2-35-29-28(33-21-24-16-10-5-11-17-24)27(32-20-23-14-8-4-9-15-23)26(25(18-30)34-29)31-19-22-12-6-3-7-13-22/h3-18,25-29H,2,19-21H2,1H3/t25-,26-,27+,28+,29-/m1/s1. The van der Waals surface area contributed by atoms with Gasteiger partial charge in [-0.1, -0.05) is 97.9 Å². The molecule has 0 N–H and O–H groups in total. The molecule has 0 radical (unpaired) electrons. The van der Waals surface area contributed by atoms with Crippen LogP contribution in [0.3, 0.4) is 0 Å². The van der Waals surface area contributed by atoms with Crippen molar-refractivity contribution in [1.82, 2.24) is 0 Å². The van der Waals surface area contributed by atoms with Gasteiger partial charge in [-0.15, -0.1) is 11.8 Å². The summed E-state index contributed by atoms with van der Waals surface area (Å²) < 4.78 is 25.5. The van der Waals surface area contributed by atoms with Crippen molar-refractivity contribution in [1.29, 1.82) is 0 Å². The van der Waals surface area contributed by atoms with Crippen LogP contribution in [-0.4, -0.2) is 41.9 Å². The predicted octanol–water partition coefficient (Wildman–Crippen LogP) is 5.42. The third-order valence-electron chi connectivity index (χ3n) is 5.85. The first-order valence-corrected chi connectivity index (χ1v) is 13.0. The van der Waals surface area contributed by atoms with Gasteiger partial charge in [0.1, 0.15) is 29.9 Å². The van der Waals surface area contributed by atoms with E-state index >= 15 is 0 Å². The molecule has 0 aromatic heterocycles. The van der Waals surface area contributed by atoms with E-state index in [1.165, 1.54) is 0 Å². The normalized spacial score (nSPS) is 24.2. The lowest BCUT2D eigenvalue weighted by Gasteiger charge is -2.44. The number of benzene rings is 3. The Morgan fingerprint density at radius 3 is 1.54 bits per heavy atom. The van der Waals surface area contributed by atoms with E-state index < -0.39 is 24.4 Å². The van der Waals surface area contributed by atoms with E-state index in [0.29, 0.717) is 19.8 Å². The summed E-state index contributed by atoms with van der Waals surface area (Å²) in [5, 5.41) is 0. The highest BCUT2D eigenvalue weighted by molar-refractivity contribution is 7.99. The van der Waals surface area contributed by atoms with Gasteiger partial charge in [0.25, 0.3) is 0 Å².